The Morgan fingerprint density at radius 1 is 1.11 bits per heavy atom. The zero-order valence-corrected chi connectivity index (χ0v) is 16.3. The molecule has 0 atom stereocenters. The van der Waals surface area contributed by atoms with Gasteiger partial charge in [0.05, 0.1) is 4.90 Å². The molecule has 0 unspecified atom stereocenters. The Morgan fingerprint density at radius 3 is 2.52 bits per heavy atom. The van der Waals surface area contributed by atoms with Gasteiger partial charge in [0.15, 0.2) is 0 Å². The van der Waals surface area contributed by atoms with Crippen molar-refractivity contribution in [3.63, 3.8) is 0 Å². The second-order valence-electron chi connectivity index (χ2n) is 6.26. The van der Waals surface area contributed by atoms with Crippen LogP contribution in [0, 0.1) is 0 Å². The first-order chi connectivity index (χ1) is 12.9. The minimum absolute atomic E-state index is 0.0720. The molecule has 0 aliphatic carbocycles. The lowest BCUT2D eigenvalue weighted by Gasteiger charge is -2.08. The molecule has 0 radical (unpaired) electrons. The van der Waals surface area contributed by atoms with Crippen LogP contribution in [0.3, 0.4) is 0 Å². The SMILES string of the molecule is CCCCCNc1ccnc(C(=O)NCCc2ccc(S(N)(=O)=O)cc2)c1. The molecule has 2 rings (SSSR count). The number of unbranched alkanes of at least 4 members (excludes halogenated alkanes) is 2. The predicted molar refractivity (Wildman–Crippen MR) is 106 cm³/mol. The molecular formula is C19H26N4O3S. The second kappa shape index (κ2) is 10.0. The summed E-state index contributed by atoms with van der Waals surface area (Å²) in [4.78, 5) is 16.4. The molecule has 2 aromatic rings. The maximum atomic E-state index is 12.3. The fourth-order valence-electron chi connectivity index (χ4n) is 2.53. The zero-order chi connectivity index (χ0) is 19.7. The average molecular weight is 391 g/mol. The summed E-state index contributed by atoms with van der Waals surface area (Å²) in [5.74, 6) is -0.242. The lowest BCUT2D eigenvalue weighted by atomic mass is 10.1. The summed E-state index contributed by atoms with van der Waals surface area (Å²) in [5.41, 5.74) is 2.15. The number of hydrogen-bond acceptors (Lipinski definition) is 5. The molecule has 1 aromatic heterocycles. The Labute approximate surface area is 160 Å². The van der Waals surface area contributed by atoms with Gasteiger partial charge in [0.25, 0.3) is 5.91 Å². The van der Waals surface area contributed by atoms with Crippen molar-refractivity contribution < 1.29 is 13.2 Å². The molecule has 1 heterocycles. The molecule has 0 fully saturated rings. The Bertz CT molecular complexity index is 852. The van der Waals surface area contributed by atoms with Crippen LogP contribution in [0.15, 0.2) is 47.5 Å². The fourth-order valence-corrected chi connectivity index (χ4v) is 3.04. The number of carbonyl (C=O) groups is 1. The highest BCUT2D eigenvalue weighted by Gasteiger charge is 2.09. The van der Waals surface area contributed by atoms with Gasteiger partial charge < -0.3 is 10.6 Å². The summed E-state index contributed by atoms with van der Waals surface area (Å²) in [5, 5.41) is 11.2. The number of anilines is 1. The first-order valence-electron chi connectivity index (χ1n) is 9.00. The third-order valence-electron chi connectivity index (χ3n) is 4.05. The van der Waals surface area contributed by atoms with E-state index in [-0.39, 0.29) is 10.8 Å². The number of nitrogens with two attached hydrogens (primary N) is 1. The first-order valence-corrected chi connectivity index (χ1v) is 10.5. The van der Waals surface area contributed by atoms with Crippen LogP contribution in [-0.2, 0) is 16.4 Å². The molecule has 8 heteroatoms. The van der Waals surface area contributed by atoms with Gasteiger partial charge in [-0.25, -0.2) is 13.6 Å². The monoisotopic (exact) mass is 390 g/mol. The Kier molecular flexibility index (Phi) is 7.75. The molecule has 0 aliphatic heterocycles. The normalized spacial score (nSPS) is 11.2. The quantitative estimate of drug-likeness (QED) is 0.539. The van der Waals surface area contributed by atoms with Crippen molar-refractivity contribution in [1.82, 2.24) is 10.3 Å². The lowest BCUT2D eigenvalue weighted by molar-refractivity contribution is 0.0949. The van der Waals surface area contributed by atoms with E-state index in [0.717, 1.165) is 30.6 Å². The number of benzene rings is 1. The fraction of sp³-hybridized carbons (Fsp3) is 0.368. The summed E-state index contributed by atoms with van der Waals surface area (Å²) in [7, 11) is -3.69. The van der Waals surface area contributed by atoms with Crippen LogP contribution in [0.25, 0.3) is 0 Å². The standard InChI is InChI=1S/C19H26N4O3S/c1-2-3-4-11-21-16-10-13-22-18(14-16)19(24)23-12-9-15-5-7-17(8-6-15)27(20,25)26/h5-8,10,13-14H,2-4,9,11-12H2,1H3,(H,21,22)(H,23,24)(H2,20,25,26). The van der Waals surface area contributed by atoms with Crippen LogP contribution in [-0.4, -0.2) is 32.4 Å². The van der Waals surface area contributed by atoms with Crippen LogP contribution < -0.4 is 15.8 Å². The van der Waals surface area contributed by atoms with Crippen molar-refractivity contribution >= 4 is 21.6 Å². The van der Waals surface area contributed by atoms with Crippen molar-refractivity contribution in [2.24, 2.45) is 5.14 Å². The van der Waals surface area contributed by atoms with E-state index < -0.39 is 10.0 Å². The summed E-state index contributed by atoms with van der Waals surface area (Å²) in [6.07, 6.45) is 5.61. The number of nitrogens with one attached hydrogen (secondary N) is 2. The molecule has 4 N–H and O–H groups in total. The van der Waals surface area contributed by atoms with Gasteiger partial charge in [-0.15, -0.1) is 0 Å². The molecule has 27 heavy (non-hydrogen) atoms. The van der Waals surface area contributed by atoms with Crippen LogP contribution in [0.4, 0.5) is 5.69 Å². The number of rotatable bonds is 10. The number of carbonyl (C=O) groups excluding carboxylic acids is 1. The number of aromatic nitrogens is 1. The first kappa shape index (κ1) is 20.9. The molecule has 0 spiro atoms. The highest BCUT2D eigenvalue weighted by Crippen LogP contribution is 2.10. The van der Waals surface area contributed by atoms with Crippen LogP contribution in [0.5, 0.6) is 0 Å². The molecule has 7 nitrogen and oxygen atoms in total. The van der Waals surface area contributed by atoms with Crippen molar-refractivity contribution in [2.45, 2.75) is 37.5 Å². The highest BCUT2D eigenvalue weighted by atomic mass is 32.2. The van der Waals surface area contributed by atoms with Gasteiger partial charge in [-0.1, -0.05) is 31.9 Å². The molecule has 146 valence electrons. The third-order valence-corrected chi connectivity index (χ3v) is 4.98. The molecule has 0 saturated carbocycles. The van der Waals surface area contributed by atoms with Crippen molar-refractivity contribution in [3.8, 4) is 0 Å². The zero-order valence-electron chi connectivity index (χ0n) is 15.4. The Balaban J connectivity index is 1.83. The third kappa shape index (κ3) is 6.99. The van der Waals surface area contributed by atoms with Crippen molar-refractivity contribution in [2.75, 3.05) is 18.4 Å². The van der Waals surface area contributed by atoms with Gasteiger partial charge in [0.1, 0.15) is 5.69 Å². The molecule has 1 aromatic carbocycles. The molecule has 0 bridgehead atoms. The van der Waals surface area contributed by atoms with Gasteiger partial charge in [-0.3, -0.25) is 9.78 Å². The molecule has 1 amide bonds. The van der Waals surface area contributed by atoms with E-state index in [4.69, 9.17) is 5.14 Å². The van der Waals surface area contributed by atoms with E-state index in [1.807, 2.05) is 6.07 Å². The largest absolute Gasteiger partial charge is 0.385 e. The number of hydrogen-bond donors (Lipinski definition) is 3. The van der Waals surface area contributed by atoms with Crippen LogP contribution in [0.2, 0.25) is 0 Å². The van der Waals surface area contributed by atoms with Gasteiger partial charge in [-0.2, -0.15) is 0 Å². The van der Waals surface area contributed by atoms with Crippen molar-refractivity contribution in [3.05, 3.63) is 53.9 Å². The van der Waals surface area contributed by atoms with Gasteiger partial charge >= 0.3 is 0 Å². The smallest absolute Gasteiger partial charge is 0.269 e. The molecule has 0 aliphatic rings. The number of primary sulfonamides is 1. The van der Waals surface area contributed by atoms with Gasteiger partial charge in [0.2, 0.25) is 10.0 Å². The Morgan fingerprint density at radius 2 is 1.85 bits per heavy atom. The van der Waals surface area contributed by atoms with E-state index in [2.05, 4.69) is 22.5 Å². The summed E-state index contributed by atoms with van der Waals surface area (Å²) in [6.45, 7) is 3.44. The van der Waals surface area contributed by atoms with Crippen LogP contribution in [0.1, 0.15) is 42.2 Å². The Hall–Kier alpha value is -2.45. The minimum Gasteiger partial charge on any atom is -0.385 e. The van der Waals surface area contributed by atoms with Crippen LogP contribution >= 0.6 is 0 Å². The van der Waals surface area contributed by atoms with Crippen molar-refractivity contribution in [1.29, 1.82) is 0 Å². The number of nitrogens with zero attached hydrogens (tertiary/aromatic N) is 1. The molecule has 0 saturated heterocycles. The predicted octanol–water partition coefficient (Wildman–Crippen LogP) is 2.30. The highest BCUT2D eigenvalue weighted by molar-refractivity contribution is 7.89. The number of amides is 1. The summed E-state index contributed by atoms with van der Waals surface area (Å²) < 4.78 is 22.5. The summed E-state index contributed by atoms with van der Waals surface area (Å²) >= 11 is 0. The van der Waals surface area contributed by atoms with E-state index in [1.165, 1.54) is 18.6 Å². The minimum atomic E-state index is -3.69. The number of pyridine rings is 1. The van der Waals surface area contributed by atoms with E-state index >= 15 is 0 Å². The number of sulfonamides is 1. The van der Waals surface area contributed by atoms with Gasteiger partial charge in [-0.05, 0) is 42.7 Å². The van der Waals surface area contributed by atoms with E-state index in [1.54, 1.807) is 24.4 Å². The maximum Gasteiger partial charge on any atom is 0.269 e. The van der Waals surface area contributed by atoms with E-state index in [0.29, 0.717) is 18.7 Å². The van der Waals surface area contributed by atoms with E-state index in [9.17, 15) is 13.2 Å². The lowest BCUT2D eigenvalue weighted by Crippen LogP contribution is -2.26. The summed E-state index contributed by atoms with van der Waals surface area (Å²) in [6, 6.07) is 9.87. The second-order valence-corrected chi connectivity index (χ2v) is 7.82. The topological polar surface area (TPSA) is 114 Å². The molecular weight excluding hydrogens is 364 g/mol. The van der Waals surface area contributed by atoms with Gasteiger partial charge in [0, 0.05) is 25.0 Å². The average Bonchev–Trinajstić information content (AvgIpc) is 2.65. The maximum absolute atomic E-state index is 12.3.